The van der Waals surface area contributed by atoms with Gasteiger partial charge in [0.2, 0.25) is 0 Å². The summed E-state index contributed by atoms with van der Waals surface area (Å²) in [5, 5.41) is 0.514. The number of aryl methyl sites for hydroxylation is 1. The molecule has 0 radical (unpaired) electrons. The highest BCUT2D eigenvalue weighted by atomic mass is 16.6. The van der Waals surface area contributed by atoms with Crippen LogP contribution < -0.4 is 19.9 Å². The van der Waals surface area contributed by atoms with Crippen molar-refractivity contribution in [3.05, 3.63) is 22.2 Å². The molecule has 1 aromatic heterocycles. The van der Waals surface area contributed by atoms with Gasteiger partial charge in [-0.3, -0.25) is 4.79 Å². The summed E-state index contributed by atoms with van der Waals surface area (Å²) in [7, 11) is 1.97. The Labute approximate surface area is 133 Å². The molecule has 0 aliphatic carbocycles. The average Bonchev–Trinajstić information content (AvgIpc) is 3.01. The lowest BCUT2D eigenvalue weighted by molar-refractivity contribution is 0.137. The van der Waals surface area contributed by atoms with Crippen molar-refractivity contribution in [2.24, 2.45) is 0 Å². The molecule has 4 rings (SSSR count). The number of aromatic nitrogens is 2. The maximum Gasteiger partial charge on any atom is 0.258 e. The number of anilines is 1. The predicted molar refractivity (Wildman–Crippen MR) is 85.7 cm³/mol. The van der Waals surface area contributed by atoms with Crippen molar-refractivity contribution in [1.29, 1.82) is 0 Å². The second-order valence-corrected chi connectivity index (χ2v) is 5.97. The van der Waals surface area contributed by atoms with Crippen molar-refractivity contribution in [3.8, 4) is 11.5 Å². The summed E-state index contributed by atoms with van der Waals surface area (Å²) < 4.78 is 17.3. The maximum atomic E-state index is 12.3. The third-order valence-corrected chi connectivity index (χ3v) is 4.25. The molecule has 0 saturated carbocycles. The number of H-pyrrole nitrogens is 1. The zero-order chi connectivity index (χ0) is 16.0. The van der Waals surface area contributed by atoms with Gasteiger partial charge in [0.25, 0.3) is 5.56 Å². The minimum Gasteiger partial charge on any atom is -0.486 e. The zero-order valence-corrected chi connectivity index (χ0v) is 13.2. The Morgan fingerprint density at radius 1 is 1.43 bits per heavy atom. The van der Waals surface area contributed by atoms with E-state index in [2.05, 4.69) is 14.9 Å². The van der Waals surface area contributed by atoms with Gasteiger partial charge in [-0.15, -0.1) is 0 Å². The molecule has 2 aliphatic heterocycles. The quantitative estimate of drug-likeness (QED) is 0.898. The molecule has 1 aromatic carbocycles. The van der Waals surface area contributed by atoms with Gasteiger partial charge in [-0.2, -0.15) is 0 Å². The fourth-order valence-corrected chi connectivity index (χ4v) is 3.09. The highest BCUT2D eigenvalue weighted by Gasteiger charge is 2.27. The molecule has 1 N–H and O–H groups in total. The number of aromatic amines is 1. The standard InChI is InChI=1S/C16H19N3O4/c1-9-17-13-11(16(20)18-9)7-12(23-10-3-5-21-8-10)15-14(13)19(2)4-6-22-15/h7,10H,3-6,8H2,1-2H3,(H,17,18,20)/t10-/m1/s1. The number of hydrogen-bond donors (Lipinski definition) is 1. The maximum absolute atomic E-state index is 12.3. The molecule has 0 unspecified atom stereocenters. The monoisotopic (exact) mass is 317 g/mol. The summed E-state index contributed by atoms with van der Waals surface area (Å²) in [6.07, 6.45) is 0.829. The van der Waals surface area contributed by atoms with E-state index in [1.165, 1.54) is 0 Å². The first-order chi connectivity index (χ1) is 11.1. The number of rotatable bonds is 2. The number of nitrogens with zero attached hydrogens (tertiary/aromatic N) is 2. The molecule has 1 saturated heterocycles. The van der Waals surface area contributed by atoms with Crippen LogP contribution in [0.4, 0.5) is 5.69 Å². The summed E-state index contributed by atoms with van der Waals surface area (Å²) in [4.78, 5) is 21.7. The van der Waals surface area contributed by atoms with Gasteiger partial charge in [0, 0.05) is 13.5 Å². The molecule has 1 atom stereocenters. The van der Waals surface area contributed by atoms with Crippen LogP contribution in [0.5, 0.6) is 11.5 Å². The Kier molecular flexibility index (Phi) is 3.37. The van der Waals surface area contributed by atoms with E-state index >= 15 is 0 Å². The molecule has 3 heterocycles. The van der Waals surface area contributed by atoms with E-state index < -0.39 is 0 Å². The highest BCUT2D eigenvalue weighted by Crippen LogP contribution is 2.44. The molecule has 0 bridgehead atoms. The van der Waals surface area contributed by atoms with Crippen molar-refractivity contribution in [1.82, 2.24) is 9.97 Å². The SMILES string of the molecule is Cc1nc2c3c(c(O[C@@H]4CCOC4)cc2c(=O)[nH]1)OCCN3C. The van der Waals surface area contributed by atoms with Gasteiger partial charge >= 0.3 is 0 Å². The average molecular weight is 317 g/mol. The third kappa shape index (κ3) is 2.41. The van der Waals surface area contributed by atoms with Crippen LogP contribution in [-0.2, 0) is 4.74 Å². The van der Waals surface area contributed by atoms with Gasteiger partial charge in [-0.1, -0.05) is 0 Å². The Balaban J connectivity index is 1.94. The number of ether oxygens (including phenoxy) is 3. The van der Waals surface area contributed by atoms with Crippen LogP contribution in [0.1, 0.15) is 12.2 Å². The Morgan fingerprint density at radius 2 is 2.30 bits per heavy atom. The van der Waals surface area contributed by atoms with Crippen molar-refractivity contribution in [2.45, 2.75) is 19.4 Å². The van der Waals surface area contributed by atoms with Crippen LogP contribution >= 0.6 is 0 Å². The van der Waals surface area contributed by atoms with E-state index in [0.29, 0.717) is 48.0 Å². The smallest absolute Gasteiger partial charge is 0.258 e. The van der Waals surface area contributed by atoms with Crippen molar-refractivity contribution >= 4 is 16.6 Å². The normalized spacial score (nSPS) is 20.4. The zero-order valence-electron chi connectivity index (χ0n) is 13.2. The van der Waals surface area contributed by atoms with Gasteiger partial charge in [0.15, 0.2) is 11.5 Å². The summed E-state index contributed by atoms with van der Waals surface area (Å²) in [6.45, 7) is 4.35. The summed E-state index contributed by atoms with van der Waals surface area (Å²) in [5.41, 5.74) is 1.30. The minimum atomic E-state index is -0.165. The fourth-order valence-electron chi connectivity index (χ4n) is 3.09. The van der Waals surface area contributed by atoms with Gasteiger partial charge < -0.3 is 24.1 Å². The summed E-state index contributed by atoms with van der Waals surface area (Å²) in [6, 6.07) is 1.73. The Bertz CT molecular complexity index is 811. The highest BCUT2D eigenvalue weighted by molar-refractivity contribution is 5.96. The first-order valence-corrected chi connectivity index (χ1v) is 7.79. The summed E-state index contributed by atoms with van der Waals surface area (Å²) >= 11 is 0. The molecule has 2 aromatic rings. The van der Waals surface area contributed by atoms with E-state index in [1.54, 1.807) is 13.0 Å². The summed E-state index contributed by atoms with van der Waals surface area (Å²) in [5.74, 6) is 1.84. The molecule has 23 heavy (non-hydrogen) atoms. The van der Waals surface area contributed by atoms with Crippen LogP contribution in [0, 0.1) is 6.92 Å². The van der Waals surface area contributed by atoms with E-state index in [1.807, 2.05) is 7.05 Å². The van der Waals surface area contributed by atoms with Gasteiger partial charge in [0.05, 0.1) is 25.1 Å². The van der Waals surface area contributed by atoms with Gasteiger partial charge in [-0.05, 0) is 13.0 Å². The van der Waals surface area contributed by atoms with Crippen LogP contribution in [0.25, 0.3) is 10.9 Å². The second kappa shape index (κ2) is 5.42. The molecular formula is C16H19N3O4. The third-order valence-electron chi connectivity index (χ3n) is 4.25. The topological polar surface area (TPSA) is 76.7 Å². The van der Waals surface area contributed by atoms with Crippen LogP contribution in [0.15, 0.2) is 10.9 Å². The lowest BCUT2D eigenvalue weighted by Crippen LogP contribution is -2.30. The van der Waals surface area contributed by atoms with E-state index in [0.717, 1.165) is 18.7 Å². The molecule has 7 heteroatoms. The van der Waals surface area contributed by atoms with E-state index in [9.17, 15) is 4.79 Å². The molecule has 122 valence electrons. The Morgan fingerprint density at radius 3 is 3.09 bits per heavy atom. The van der Waals surface area contributed by atoms with Crippen LogP contribution in [-0.4, -0.2) is 49.5 Å². The van der Waals surface area contributed by atoms with Crippen LogP contribution in [0.2, 0.25) is 0 Å². The molecule has 0 spiro atoms. The number of benzene rings is 1. The Hall–Kier alpha value is -2.28. The predicted octanol–water partition coefficient (Wildman–Crippen LogP) is 1.23. The molecule has 1 fully saturated rings. The van der Waals surface area contributed by atoms with Crippen LogP contribution in [0.3, 0.4) is 0 Å². The van der Waals surface area contributed by atoms with Gasteiger partial charge in [0.1, 0.15) is 29.7 Å². The molecule has 0 amide bonds. The number of nitrogens with one attached hydrogen (secondary N) is 1. The first-order valence-electron chi connectivity index (χ1n) is 7.79. The van der Waals surface area contributed by atoms with Crippen molar-refractivity contribution in [2.75, 3.05) is 38.3 Å². The minimum absolute atomic E-state index is 0.00938. The van der Waals surface area contributed by atoms with Crippen molar-refractivity contribution < 1.29 is 14.2 Å². The van der Waals surface area contributed by atoms with Crippen molar-refractivity contribution in [3.63, 3.8) is 0 Å². The number of fused-ring (bicyclic) bond motifs is 3. The lowest BCUT2D eigenvalue weighted by Gasteiger charge is -2.30. The van der Waals surface area contributed by atoms with E-state index in [-0.39, 0.29) is 11.7 Å². The fraction of sp³-hybridized carbons (Fsp3) is 0.500. The molecule has 7 nitrogen and oxygen atoms in total. The largest absolute Gasteiger partial charge is 0.486 e. The first kappa shape index (κ1) is 14.3. The molecule has 2 aliphatic rings. The molecular weight excluding hydrogens is 298 g/mol. The number of likely N-dealkylation sites (N-methyl/N-ethyl adjacent to an activating group) is 1. The lowest BCUT2D eigenvalue weighted by atomic mass is 10.1. The van der Waals surface area contributed by atoms with Gasteiger partial charge in [-0.25, -0.2) is 4.98 Å². The number of hydrogen-bond acceptors (Lipinski definition) is 6. The second-order valence-electron chi connectivity index (χ2n) is 5.97. The van der Waals surface area contributed by atoms with E-state index in [4.69, 9.17) is 14.2 Å².